The van der Waals surface area contributed by atoms with E-state index in [0.717, 1.165) is 10.0 Å². The average molecular weight is 323 g/mol. The summed E-state index contributed by atoms with van der Waals surface area (Å²) in [6.07, 6.45) is 1.61. The topological polar surface area (TPSA) is 90.1 Å². The van der Waals surface area contributed by atoms with E-state index in [2.05, 4.69) is 36.7 Å². The number of carbonyl (C=O) groups excluding carboxylic acids is 1. The van der Waals surface area contributed by atoms with Crippen molar-refractivity contribution in [3.63, 3.8) is 0 Å². The minimum atomic E-state index is -0.302. The van der Waals surface area contributed by atoms with Crippen LogP contribution in [0.1, 0.15) is 11.3 Å². The van der Waals surface area contributed by atoms with Gasteiger partial charge >= 0.3 is 0 Å². The third-order valence-electron chi connectivity index (χ3n) is 2.28. The van der Waals surface area contributed by atoms with Crippen LogP contribution in [-0.2, 0) is 11.2 Å². The van der Waals surface area contributed by atoms with Gasteiger partial charge in [0.05, 0.1) is 12.6 Å². The van der Waals surface area contributed by atoms with Gasteiger partial charge in [0.25, 0.3) is 5.56 Å². The van der Waals surface area contributed by atoms with E-state index in [4.69, 9.17) is 0 Å². The number of H-pyrrole nitrogens is 2. The number of nitrogens with zero attached hydrogens (tertiary/aromatic N) is 1. The van der Waals surface area contributed by atoms with E-state index in [1.807, 2.05) is 24.3 Å². The Balaban J connectivity index is 1.86. The average Bonchev–Trinajstić information content (AvgIpc) is 2.77. The van der Waals surface area contributed by atoms with Crippen molar-refractivity contribution in [1.29, 1.82) is 0 Å². The van der Waals surface area contributed by atoms with Gasteiger partial charge in [0.1, 0.15) is 0 Å². The summed E-state index contributed by atoms with van der Waals surface area (Å²) in [5.41, 5.74) is 3.51. The first-order valence-electron chi connectivity index (χ1n) is 5.47. The number of aromatic amines is 2. The maximum atomic E-state index is 11.5. The number of hydrazone groups is 1. The van der Waals surface area contributed by atoms with Crippen LogP contribution in [0.3, 0.4) is 0 Å². The Morgan fingerprint density at radius 2 is 2.05 bits per heavy atom. The molecule has 1 heterocycles. The molecule has 2 aromatic rings. The van der Waals surface area contributed by atoms with Crippen molar-refractivity contribution < 1.29 is 4.79 Å². The lowest BCUT2D eigenvalue weighted by Gasteiger charge is -1.97. The molecule has 0 atom stereocenters. The molecule has 0 aliphatic carbocycles. The van der Waals surface area contributed by atoms with Gasteiger partial charge in [-0.3, -0.25) is 14.7 Å². The first kappa shape index (κ1) is 13.3. The van der Waals surface area contributed by atoms with Crippen LogP contribution < -0.4 is 11.0 Å². The monoisotopic (exact) mass is 322 g/mol. The Hall–Kier alpha value is -2.15. The van der Waals surface area contributed by atoms with Crippen LogP contribution in [-0.4, -0.2) is 22.3 Å². The van der Waals surface area contributed by atoms with Crippen molar-refractivity contribution in [3.05, 3.63) is 56.4 Å². The lowest BCUT2D eigenvalue weighted by atomic mass is 10.2. The third-order valence-corrected chi connectivity index (χ3v) is 2.80. The van der Waals surface area contributed by atoms with E-state index in [0.29, 0.717) is 5.69 Å². The van der Waals surface area contributed by atoms with Crippen molar-refractivity contribution in [2.24, 2.45) is 5.10 Å². The summed E-state index contributed by atoms with van der Waals surface area (Å²) in [7, 11) is 0. The van der Waals surface area contributed by atoms with Crippen LogP contribution >= 0.6 is 15.9 Å². The maximum absolute atomic E-state index is 11.5. The van der Waals surface area contributed by atoms with Gasteiger partial charge in [0.15, 0.2) is 0 Å². The predicted octanol–water partition coefficient (Wildman–Crippen LogP) is 1.16. The Labute approximate surface area is 117 Å². The second kappa shape index (κ2) is 6.14. The van der Waals surface area contributed by atoms with Crippen LogP contribution in [0, 0.1) is 0 Å². The van der Waals surface area contributed by atoms with Crippen molar-refractivity contribution in [3.8, 4) is 0 Å². The molecule has 0 saturated heterocycles. The fraction of sp³-hybridized carbons (Fsp3) is 0.0833. The van der Waals surface area contributed by atoms with Gasteiger partial charge in [-0.2, -0.15) is 5.10 Å². The second-order valence-electron chi connectivity index (χ2n) is 3.81. The summed E-state index contributed by atoms with van der Waals surface area (Å²) in [5.74, 6) is -0.302. The quantitative estimate of drug-likeness (QED) is 0.582. The van der Waals surface area contributed by atoms with Crippen molar-refractivity contribution in [2.75, 3.05) is 0 Å². The highest BCUT2D eigenvalue weighted by Crippen LogP contribution is 2.08. The number of aromatic nitrogens is 2. The molecule has 0 spiro atoms. The number of carbonyl (C=O) groups is 1. The minimum absolute atomic E-state index is 0.0659. The molecular formula is C12H11BrN4O2. The lowest BCUT2D eigenvalue weighted by molar-refractivity contribution is -0.120. The Morgan fingerprint density at radius 1 is 1.32 bits per heavy atom. The van der Waals surface area contributed by atoms with Gasteiger partial charge in [-0.1, -0.05) is 28.1 Å². The van der Waals surface area contributed by atoms with Gasteiger partial charge in [0, 0.05) is 16.2 Å². The van der Waals surface area contributed by atoms with Gasteiger partial charge in [-0.15, -0.1) is 0 Å². The Kier molecular flexibility index (Phi) is 4.30. The Morgan fingerprint density at radius 3 is 2.68 bits per heavy atom. The normalized spacial score (nSPS) is 10.8. The van der Waals surface area contributed by atoms with Crippen molar-refractivity contribution in [1.82, 2.24) is 15.6 Å². The number of amides is 1. The first-order chi connectivity index (χ1) is 9.13. The third kappa shape index (κ3) is 4.22. The highest BCUT2D eigenvalue weighted by atomic mass is 79.9. The fourth-order valence-electron chi connectivity index (χ4n) is 1.41. The number of hydrogen-bond donors (Lipinski definition) is 3. The zero-order valence-corrected chi connectivity index (χ0v) is 11.4. The number of nitrogens with one attached hydrogen (secondary N) is 3. The van der Waals surface area contributed by atoms with Gasteiger partial charge in [0.2, 0.25) is 5.91 Å². The maximum Gasteiger partial charge on any atom is 0.264 e. The summed E-state index contributed by atoms with van der Waals surface area (Å²) in [5, 5.41) is 8.79. The summed E-state index contributed by atoms with van der Waals surface area (Å²) in [6.45, 7) is 0. The summed E-state index contributed by atoms with van der Waals surface area (Å²) in [6, 6.07) is 8.83. The molecule has 1 aromatic carbocycles. The van der Waals surface area contributed by atoms with E-state index in [9.17, 15) is 9.59 Å². The lowest BCUT2D eigenvalue weighted by Crippen LogP contribution is -2.20. The molecule has 1 amide bonds. The molecule has 0 aliphatic rings. The number of rotatable bonds is 4. The van der Waals surface area contributed by atoms with Gasteiger partial charge in [-0.05, 0) is 17.7 Å². The number of benzene rings is 1. The zero-order chi connectivity index (χ0) is 13.7. The molecule has 0 radical (unpaired) electrons. The SMILES string of the molecule is O=C(Cc1cc(=O)[nH][nH]1)NN=Cc1ccc(Br)cc1. The predicted molar refractivity (Wildman–Crippen MR) is 75.0 cm³/mol. The van der Waals surface area contributed by atoms with Crippen molar-refractivity contribution >= 4 is 28.1 Å². The fourth-order valence-corrected chi connectivity index (χ4v) is 1.67. The molecule has 0 fully saturated rings. The molecule has 3 N–H and O–H groups in total. The molecule has 6 nitrogen and oxygen atoms in total. The molecular weight excluding hydrogens is 312 g/mol. The molecule has 7 heteroatoms. The summed E-state index contributed by atoms with van der Waals surface area (Å²) < 4.78 is 0.977. The van der Waals surface area contributed by atoms with E-state index in [-0.39, 0.29) is 17.9 Å². The van der Waals surface area contributed by atoms with Crippen molar-refractivity contribution in [2.45, 2.75) is 6.42 Å². The van der Waals surface area contributed by atoms with Gasteiger partial charge < -0.3 is 5.10 Å². The smallest absolute Gasteiger partial charge is 0.264 e. The van der Waals surface area contributed by atoms with Crippen LogP contribution in [0.5, 0.6) is 0 Å². The highest BCUT2D eigenvalue weighted by molar-refractivity contribution is 9.10. The number of halogens is 1. The molecule has 2 rings (SSSR count). The molecule has 0 unspecified atom stereocenters. The largest absolute Gasteiger partial charge is 0.302 e. The van der Waals surface area contributed by atoms with E-state index >= 15 is 0 Å². The van der Waals surface area contributed by atoms with E-state index < -0.39 is 0 Å². The number of hydrogen-bond acceptors (Lipinski definition) is 3. The molecule has 0 bridgehead atoms. The zero-order valence-electron chi connectivity index (χ0n) is 9.81. The molecule has 0 aliphatic heterocycles. The minimum Gasteiger partial charge on any atom is -0.302 e. The second-order valence-corrected chi connectivity index (χ2v) is 4.72. The van der Waals surface area contributed by atoms with Crippen LogP contribution in [0.25, 0.3) is 0 Å². The standard InChI is InChI=1S/C12H11BrN4O2/c13-9-3-1-8(2-4-9)7-14-16-11(18)5-10-6-12(19)17-15-10/h1-4,6-7H,5H2,(H,16,18)(H2,15,17,19). The highest BCUT2D eigenvalue weighted by Gasteiger charge is 2.03. The van der Waals surface area contributed by atoms with Gasteiger partial charge in [-0.25, -0.2) is 5.43 Å². The molecule has 0 saturated carbocycles. The first-order valence-corrected chi connectivity index (χ1v) is 6.27. The molecule has 19 heavy (non-hydrogen) atoms. The summed E-state index contributed by atoms with van der Waals surface area (Å²) in [4.78, 5) is 22.3. The van der Waals surface area contributed by atoms with E-state index in [1.165, 1.54) is 6.07 Å². The summed E-state index contributed by atoms with van der Waals surface area (Å²) >= 11 is 3.33. The van der Waals surface area contributed by atoms with E-state index in [1.54, 1.807) is 6.21 Å². The van der Waals surface area contributed by atoms with Crippen LogP contribution in [0.2, 0.25) is 0 Å². The Bertz CT molecular complexity index is 642. The van der Waals surface area contributed by atoms with Crippen LogP contribution in [0.15, 0.2) is 44.7 Å². The molecule has 1 aromatic heterocycles. The van der Waals surface area contributed by atoms with Crippen LogP contribution in [0.4, 0.5) is 0 Å². The molecule has 98 valence electrons.